The van der Waals surface area contributed by atoms with Gasteiger partial charge >= 0.3 is 5.97 Å². The number of fused-ring (bicyclic) bond motifs is 1. The van der Waals surface area contributed by atoms with Crippen molar-refractivity contribution < 1.29 is 14.3 Å². The lowest BCUT2D eigenvalue weighted by molar-refractivity contribution is -0.138. The van der Waals surface area contributed by atoms with E-state index in [-0.39, 0.29) is 11.9 Å². The van der Waals surface area contributed by atoms with Gasteiger partial charge in [0.2, 0.25) is 0 Å². The Bertz CT molecular complexity index is 820. The third kappa shape index (κ3) is 2.91. The van der Waals surface area contributed by atoms with Crippen LogP contribution in [-0.2, 0) is 14.3 Å². The van der Waals surface area contributed by atoms with Gasteiger partial charge < -0.3 is 9.47 Å². The van der Waals surface area contributed by atoms with E-state index in [2.05, 4.69) is 17.2 Å². The maximum atomic E-state index is 12.5. The maximum Gasteiger partial charge on any atom is 0.340 e. The zero-order valence-electron chi connectivity index (χ0n) is 14.2. The van der Waals surface area contributed by atoms with Crippen molar-refractivity contribution in [3.05, 3.63) is 41.7 Å². The fraction of sp³-hybridized carbons (Fsp3) is 0.389. The Hall–Kier alpha value is -2.63. The number of allylic oxidation sites excluding steroid dienone is 2. The number of carbonyl (C=O) groups excluding carboxylic acids is 1. The van der Waals surface area contributed by atoms with Crippen molar-refractivity contribution in [1.29, 1.82) is 0 Å². The van der Waals surface area contributed by atoms with Gasteiger partial charge in [-0.3, -0.25) is 0 Å². The second-order valence-electron chi connectivity index (χ2n) is 5.66. The number of benzene rings is 1. The van der Waals surface area contributed by atoms with Gasteiger partial charge in [0.15, 0.2) is 0 Å². The molecule has 0 radical (unpaired) electrons. The van der Waals surface area contributed by atoms with Crippen LogP contribution in [0.25, 0.3) is 16.7 Å². The van der Waals surface area contributed by atoms with Gasteiger partial charge in [-0.2, -0.15) is 0 Å². The molecule has 2 aromatic rings. The first-order valence-electron chi connectivity index (χ1n) is 8.21. The molecule has 1 atom stereocenters. The predicted octanol–water partition coefficient (Wildman–Crippen LogP) is 3.17. The summed E-state index contributed by atoms with van der Waals surface area (Å²) in [6.45, 7) is 6.68. The van der Waals surface area contributed by atoms with Crippen LogP contribution in [0.15, 0.2) is 41.7 Å². The molecule has 0 bridgehead atoms. The minimum absolute atomic E-state index is 0.154. The normalized spacial score (nSPS) is 17.8. The van der Waals surface area contributed by atoms with Gasteiger partial charge in [-0.15, -0.1) is 5.10 Å². The van der Waals surface area contributed by atoms with Gasteiger partial charge in [0.1, 0.15) is 11.3 Å². The molecule has 0 spiro atoms. The summed E-state index contributed by atoms with van der Waals surface area (Å²) in [6, 6.07) is 7.69. The molecule has 1 aromatic heterocycles. The fourth-order valence-electron chi connectivity index (χ4n) is 2.87. The van der Waals surface area contributed by atoms with E-state index in [1.54, 1.807) is 17.7 Å². The average molecular weight is 327 g/mol. The van der Waals surface area contributed by atoms with E-state index in [1.165, 1.54) is 0 Å². The molecule has 1 aliphatic rings. The number of hydrogen-bond acceptors (Lipinski definition) is 5. The lowest BCUT2D eigenvalue weighted by Gasteiger charge is -2.24. The second kappa shape index (κ2) is 6.86. The van der Waals surface area contributed by atoms with Crippen LogP contribution in [0, 0.1) is 5.92 Å². The quantitative estimate of drug-likeness (QED) is 0.789. The molecule has 126 valence electrons. The minimum Gasteiger partial charge on any atom is -0.498 e. The van der Waals surface area contributed by atoms with Crippen LogP contribution >= 0.6 is 0 Å². The summed E-state index contributed by atoms with van der Waals surface area (Å²) < 4.78 is 12.6. The molecule has 6 nitrogen and oxygen atoms in total. The number of rotatable bonds is 5. The van der Waals surface area contributed by atoms with Crippen molar-refractivity contribution in [3.8, 4) is 0 Å². The van der Waals surface area contributed by atoms with Crippen LogP contribution in [-0.4, -0.2) is 34.2 Å². The molecular weight excluding hydrogens is 306 g/mol. The van der Waals surface area contributed by atoms with E-state index in [4.69, 9.17) is 9.47 Å². The van der Waals surface area contributed by atoms with Crippen LogP contribution in [0.2, 0.25) is 0 Å². The van der Waals surface area contributed by atoms with Gasteiger partial charge in [-0.05, 0) is 32.1 Å². The monoisotopic (exact) mass is 327 g/mol. The lowest BCUT2D eigenvalue weighted by atomic mass is 9.93. The Morgan fingerprint density at radius 2 is 2.08 bits per heavy atom. The van der Waals surface area contributed by atoms with Crippen LogP contribution in [0.5, 0.6) is 0 Å². The SMILES string of the molecule is CCOC(=O)C1=C(n2nnc3ccccc32)CC(C)C(OCC)=C1. The smallest absolute Gasteiger partial charge is 0.340 e. The Kier molecular flexibility index (Phi) is 4.64. The van der Waals surface area contributed by atoms with Crippen LogP contribution < -0.4 is 0 Å². The number of nitrogens with zero attached hydrogens (tertiary/aromatic N) is 3. The average Bonchev–Trinajstić information content (AvgIpc) is 3.00. The third-order valence-electron chi connectivity index (χ3n) is 4.00. The standard InChI is InChI=1S/C18H21N3O3/c1-4-23-17-11-13(18(22)24-5-2)16(10-12(17)3)21-15-9-7-6-8-14(15)19-20-21/h6-9,11-12H,4-5,10H2,1-3H3. The second-order valence-corrected chi connectivity index (χ2v) is 5.66. The molecule has 0 N–H and O–H groups in total. The van der Waals surface area contributed by atoms with Crippen molar-refractivity contribution in [3.63, 3.8) is 0 Å². The topological polar surface area (TPSA) is 66.2 Å². The predicted molar refractivity (Wildman–Crippen MR) is 90.9 cm³/mol. The molecule has 0 aliphatic heterocycles. The highest BCUT2D eigenvalue weighted by Crippen LogP contribution is 2.34. The molecule has 6 heteroatoms. The zero-order chi connectivity index (χ0) is 17.1. The summed E-state index contributed by atoms with van der Waals surface area (Å²) in [5, 5.41) is 8.44. The first kappa shape index (κ1) is 16.2. The summed E-state index contributed by atoms with van der Waals surface area (Å²) in [5.74, 6) is 0.589. The van der Waals surface area contributed by atoms with E-state index in [0.29, 0.717) is 25.2 Å². The summed E-state index contributed by atoms with van der Waals surface area (Å²) in [7, 11) is 0. The van der Waals surface area contributed by atoms with Gasteiger partial charge in [0, 0.05) is 12.3 Å². The van der Waals surface area contributed by atoms with Crippen molar-refractivity contribution in [2.24, 2.45) is 5.92 Å². The maximum absolute atomic E-state index is 12.5. The van der Waals surface area contributed by atoms with Crippen molar-refractivity contribution in [2.45, 2.75) is 27.2 Å². The first-order chi connectivity index (χ1) is 11.7. The number of hydrogen-bond donors (Lipinski definition) is 0. The Labute approximate surface area is 140 Å². The molecule has 1 aromatic carbocycles. The summed E-state index contributed by atoms with van der Waals surface area (Å²) in [4.78, 5) is 12.5. The van der Waals surface area contributed by atoms with E-state index in [0.717, 1.165) is 22.5 Å². The van der Waals surface area contributed by atoms with Gasteiger partial charge in [-0.1, -0.05) is 24.3 Å². The molecule has 24 heavy (non-hydrogen) atoms. The van der Waals surface area contributed by atoms with Gasteiger partial charge in [0.05, 0.1) is 30.0 Å². The molecule has 0 saturated carbocycles. The fourth-order valence-corrected chi connectivity index (χ4v) is 2.87. The lowest BCUT2D eigenvalue weighted by Crippen LogP contribution is -2.20. The highest BCUT2D eigenvalue weighted by molar-refractivity contribution is 5.99. The number of para-hydroxylation sites is 1. The molecule has 0 saturated heterocycles. The zero-order valence-corrected chi connectivity index (χ0v) is 14.2. The van der Waals surface area contributed by atoms with Crippen LogP contribution in [0.3, 0.4) is 0 Å². The molecular formula is C18H21N3O3. The third-order valence-corrected chi connectivity index (χ3v) is 4.00. The summed E-state index contributed by atoms with van der Waals surface area (Å²) in [5.41, 5.74) is 2.93. The van der Waals surface area contributed by atoms with E-state index in [9.17, 15) is 4.79 Å². The Morgan fingerprint density at radius 3 is 2.83 bits per heavy atom. The number of aromatic nitrogens is 3. The first-order valence-corrected chi connectivity index (χ1v) is 8.21. The van der Waals surface area contributed by atoms with Crippen LogP contribution in [0.4, 0.5) is 0 Å². The van der Waals surface area contributed by atoms with Gasteiger partial charge in [-0.25, -0.2) is 9.48 Å². The van der Waals surface area contributed by atoms with E-state index < -0.39 is 0 Å². The largest absolute Gasteiger partial charge is 0.498 e. The molecule has 3 rings (SSSR count). The molecule has 1 aliphatic carbocycles. The number of esters is 1. The molecule has 0 fully saturated rings. The van der Waals surface area contributed by atoms with E-state index >= 15 is 0 Å². The minimum atomic E-state index is -0.365. The summed E-state index contributed by atoms with van der Waals surface area (Å²) in [6.07, 6.45) is 2.41. The van der Waals surface area contributed by atoms with Gasteiger partial charge in [0.25, 0.3) is 0 Å². The Balaban J connectivity index is 2.15. The highest BCUT2D eigenvalue weighted by Gasteiger charge is 2.28. The molecule has 1 heterocycles. The number of ether oxygens (including phenoxy) is 2. The highest BCUT2D eigenvalue weighted by atomic mass is 16.5. The molecule has 0 amide bonds. The van der Waals surface area contributed by atoms with Crippen molar-refractivity contribution in [2.75, 3.05) is 13.2 Å². The molecule has 1 unspecified atom stereocenters. The van der Waals surface area contributed by atoms with Crippen LogP contribution in [0.1, 0.15) is 27.2 Å². The number of carbonyl (C=O) groups is 1. The van der Waals surface area contributed by atoms with Crippen molar-refractivity contribution in [1.82, 2.24) is 15.0 Å². The van der Waals surface area contributed by atoms with E-state index in [1.807, 2.05) is 31.2 Å². The Morgan fingerprint density at radius 1 is 1.29 bits per heavy atom. The van der Waals surface area contributed by atoms with Crippen molar-refractivity contribution >= 4 is 22.7 Å². The summed E-state index contributed by atoms with van der Waals surface area (Å²) >= 11 is 0.